The molecule has 0 radical (unpaired) electrons. The molecule has 4 aromatic rings. The maximum absolute atomic E-state index is 13.9. The van der Waals surface area contributed by atoms with E-state index in [0.717, 1.165) is 51.5 Å². The molecule has 0 saturated carbocycles. The fraction of sp³-hybridized carbons (Fsp3) is 0.219. The first kappa shape index (κ1) is 28.9. The monoisotopic (exact) mass is 601 g/mol. The van der Waals surface area contributed by atoms with Crippen LogP contribution in [-0.4, -0.2) is 24.1 Å². The Morgan fingerprint density at radius 2 is 1.63 bits per heavy atom. The van der Waals surface area contributed by atoms with Crippen molar-refractivity contribution < 1.29 is 14.3 Å². The highest BCUT2D eigenvalue weighted by Crippen LogP contribution is 2.42. The number of esters is 1. The first-order valence-corrected chi connectivity index (χ1v) is 15.5. The molecule has 6 nitrogen and oxygen atoms in total. The molecular weight excluding hydrogens is 571 g/mol. The number of carbonyl (C=O) groups excluding carboxylic acids is 2. The molecule has 210 valence electrons. The van der Waals surface area contributed by atoms with Gasteiger partial charge in [0.15, 0.2) is 5.11 Å². The number of methoxy groups -OCH3 is 1. The van der Waals surface area contributed by atoms with E-state index >= 15 is 0 Å². The van der Waals surface area contributed by atoms with Crippen LogP contribution in [0.15, 0.2) is 89.8 Å². The molecule has 3 N–H and O–H groups in total. The molecule has 0 aliphatic heterocycles. The maximum atomic E-state index is 13.9. The van der Waals surface area contributed by atoms with Gasteiger partial charge >= 0.3 is 5.97 Å². The van der Waals surface area contributed by atoms with Crippen LogP contribution in [0.4, 0.5) is 16.4 Å². The minimum atomic E-state index is -0.551. The summed E-state index contributed by atoms with van der Waals surface area (Å²) < 4.78 is 5.12. The third-order valence-corrected chi connectivity index (χ3v) is 9.48. The lowest BCUT2D eigenvalue weighted by Gasteiger charge is -2.18. The van der Waals surface area contributed by atoms with Gasteiger partial charge in [0.05, 0.1) is 12.7 Å². The Hall–Kier alpha value is -3.66. The molecule has 9 heteroatoms. The minimum absolute atomic E-state index is 0.197. The highest BCUT2D eigenvalue weighted by molar-refractivity contribution is 8.00. The molecule has 0 bridgehead atoms. The summed E-state index contributed by atoms with van der Waals surface area (Å²) >= 11 is 8.43. The van der Waals surface area contributed by atoms with E-state index in [-0.39, 0.29) is 5.91 Å². The Kier molecular flexibility index (Phi) is 9.38. The summed E-state index contributed by atoms with van der Waals surface area (Å²) in [6.45, 7) is 2.22. The number of nitrogens with one attached hydrogen (secondary N) is 3. The lowest BCUT2D eigenvalue weighted by Crippen LogP contribution is -2.20. The van der Waals surface area contributed by atoms with Crippen LogP contribution in [0.2, 0.25) is 0 Å². The second-order valence-corrected chi connectivity index (χ2v) is 12.6. The molecule has 41 heavy (non-hydrogen) atoms. The number of thioether (sulfide) groups is 1. The Bertz CT molecular complexity index is 1540. The fourth-order valence-corrected chi connectivity index (χ4v) is 7.55. The van der Waals surface area contributed by atoms with E-state index in [9.17, 15) is 9.59 Å². The van der Waals surface area contributed by atoms with E-state index in [1.807, 2.05) is 84.9 Å². The van der Waals surface area contributed by atoms with Crippen molar-refractivity contribution >= 4 is 68.7 Å². The summed E-state index contributed by atoms with van der Waals surface area (Å²) in [6.07, 6.45) is 2.72. The van der Waals surface area contributed by atoms with Crippen LogP contribution < -0.4 is 16.0 Å². The van der Waals surface area contributed by atoms with E-state index in [1.54, 1.807) is 0 Å². The van der Waals surface area contributed by atoms with E-state index in [4.69, 9.17) is 17.0 Å². The minimum Gasteiger partial charge on any atom is -0.465 e. The first-order valence-electron chi connectivity index (χ1n) is 13.4. The zero-order valence-corrected chi connectivity index (χ0v) is 25.3. The highest BCUT2D eigenvalue weighted by Gasteiger charge is 2.31. The number of carbonyl (C=O) groups is 2. The van der Waals surface area contributed by atoms with E-state index in [1.165, 1.54) is 30.2 Å². The predicted molar refractivity (Wildman–Crippen MR) is 173 cm³/mol. The largest absolute Gasteiger partial charge is 0.465 e. The van der Waals surface area contributed by atoms with Gasteiger partial charge in [-0.3, -0.25) is 4.79 Å². The van der Waals surface area contributed by atoms with Gasteiger partial charge in [-0.05, 0) is 78.9 Å². The van der Waals surface area contributed by atoms with Gasteiger partial charge in [0.1, 0.15) is 10.3 Å². The molecule has 1 amide bonds. The zero-order valence-electron chi connectivity index (χ0n) is 22.8. The molecule has 1 heterocycles. The molecule has 1 aliphatic carbocycles. The second-order valence-electron chi connectivity index (χ2n) is 9.92. The number of rotatable bonds is 8. The van der Waals surface area contributed by atoms with Crippen molar-refractivity contribution in [3.8, 4) is 0 Å². The van der Waals surface area contributed by atoms with Crippen LogP contribution >= 0.6 is 35.3 Å². The van der Waals surface area contributed by atoms with E-state index in [2.05, 4.69) is 22.9 Å². The SMILES string of the molecule is COC(=O)c1c(NC(=O)C(Sc2cccc(NC(=S)Nc3ccccc3)c2)c2ccccc2)sc2c1CCC(C)C2. The molecular formula is C32H31N3O3S3. The molecule has 1 aromatic heterocycles. The third-order valence-electron chi connectivity index (χ3n) is 6.86. The number of ether oxygens (including phenoxy) is 1. The maximum Gasteiger partial charge on any atom is 0.341 e. The standard InChI is InChI=1S/C32H31N3O3S3/c1-20-16-17-25-26(18-20)41-30(27(25)31(37)38-2)35-29(36)28(21-10-5-3-6-11-21)40-24-15-9-14-23(19-24)34-32(39)33-22-12-7-4-8-13-22/h3-15,19-20,28H,16-18H2,1-2H3,(H,35,36)(H2,33,34,39). The summed E-state index contributed by atoms with van der Waals surface area (Å²) in [6, 6.07) is 27.2. The van der Waals surface area contributed by atoms with Crippen LogP contribution in [0.25, 0.3) is 0 Å². The normalized spacial score (nSPS) is 14.8. The van der Waals surface area contributed by atoms with Crippen molar-refractivity contribution in [1.82, 2.24) is 0 Å². The van der Waals surface area contributed by atoms with Gasteiger partial charge in [-0.15, -0.1) is 23.1 Å². The summed E-state index contributed by atoms with van der Waals surface area (Å²) in [5, 5.41) is 9.99. The summed E-state index contributed by atoms with van der Waals surface area (Å²) in [7, 11) is 1.38. The van der Waals surface area contributed by atoms with Gasteiger partial charge in [0.25, 0.3) is 0 Å². The number of thiophene rings is 1. The Labute approximate surface area is 253 Å². The average molecular weight is 602 g/mol. The number of amides is 1. The van der Waals surface area contributed by atoms with Gasteiger partial charge in [0, 0.05) is 21.1 Å². The fourth-order valence-electron chi connectivity index (χ4n) is 4.83. The van der Waals surface area contributed by atoms with Gasteiger partial charge in [-0.25, -0.2) is 4.79 Å². The first-order chi connectivity index (χ1) is 19.9. The smallest absolute Gasteiger partial charge is 0.341 e. The number of thiocarbonyl (C=S) groups is 1. The molecule has 5 rings (SSSR count). The Morgan fingerprint density at radius 3 is 2.37 bits per heavy atom. The van der Waals surface area contributed by atoms with Crippen LogP contribution in [0.1, 0.15) is 45.0 Å². The molecule has 3 aromatic carbocycles. The number of hydrogen-bond donors (Lipinski definition) is 3. The Morgan fingerprint density at radius 1 is 0.951 bits per heavy atom. The van der Waals surface area contributed by atoms with Crippen molar-refractivity contribution in [2.75, 3.05) is 23.1 Å². The zero-order chi connectivity index (χ0) is 28.8. The van der Waals surface area contributed by atoms with E-state index < -0.39 is 11.2 Å². The molecule has 0 fully saturated rings. The summed E-state index contributed by atoms with van der Waals surface area (Å²) in [5.41, 5.74) is 4.08. The molecule has 0 spiro atoms. The second kappa shape index (κ2) is 13.3. The Balaban J connectivity index is 1.37. The predicted octanol–water partition coefficient (Wildman–Crippen LogP) is 7.94. The van der Waals surface area contributed by atoms with Crippen molar-refractivity contribution in [2.24, 2.45) is 5.92 Å². The molecule has 0 saturated heterocycles. The number of para-hydroxylation sites is 1. The van der Waals surface area contributed by atoms with Crippen LogP contribution in [-0.2, 0) is 22.4 Å². The number of anilines is 3. The van der Waals surface area contributed by atoms with Gasteiger partial charge in [-0.1, -0.05) is 61.5 Å². The summed E-state index contributed by atoms with van der Waals surface area (Å²) in [5.74, 6) is -0.0627. The van der Waals surface area contributed by atoms with Crippen LogP contribution in [0, 0.1) is 5.92 Å². The van der Waals surface area contributed by atoms with Gasteiger partial charge < -0.3 is 20.7 Å². The average Bonchev–Trinajstić information content (AvgIpc) is 3.33. The van der Waals surface area contributed by atoms with Gasteiger partial charge in [0.2, 0.25) is 5.91 Å². The third kappa shape index (κ3) is 7.16. The molecule has 2 atom stereocenters. The molecule has 1 aliphatic rings. The van der Waals surface area contributed by atoms with Crippen LogP contribution in [0.5, 0.6) is 0 Å². The van der Waals surface area contributed by atoms with Gasteiger partial charge in [-0.2, -0.15) is 0 Å². The lowest BCUT2D eigenvalue weighted by molar-refractivity contribution is -0.115. The quantitative estimate of drug-likeness (QED) is 0.107. The van der Waals surface area contributed by atoms with E-state index in [0.29, 0.717) is 21.6 Å². The number of hydrogen-bond acceptors (Lipinski definition) is 6. The van der Waals surface area contributed by atoms with Crippen molar-refractivity contribution in [3.63, 3.8) is 0 Å². The van der Waals surface area contributed by atoms with Crippen molar-refractivity contribution in [2.45, 2.75) is 36.3 Å². The lowest BCUT2D eigenvalue weighted by atomic mass is 9.88. The summed E-state index contributed by atoms with van der Waals surface area (Å²) in [4.78, 5) is 28.8. The highest BCUT2D eigenvalue weighted by atomic mass is 32.2. The van der Waals surface area contributed by atoms with Crippen LogP contribution in [0.3, 0.4) is 0 Å². The number of fused-ring (bicyclic) bond motifs is 1. The topological polar surface area (TPSA) is 79.5 Å². The van der Waals surface area contributed by atoms with Crippen molar-refractivity contribution in [3.05, 3.63) is 106 Å². The van der Waals surface area contributed by atoms with Crippen molar-refractivity contribution in [1.29, 1.82) is 0 Å². The number of benzene rings is 3. The molecule has 2 unspecified atom stereocenters.